The van der Waals surface area contributed by atoms with Crippen LogP contribution >= 0.6 is 38.9 Å². The van der Waals surface area contributed by atoms with Crippen LogP contribution < -0.4 is 0 Å². The van der Waals surface area contributed by atoms with Crippen molar-refractivity contribution in [1.82, 2.24) is 4.98 Å². The van der Waals surface area contributed by atoms with Gasteiger partial charge in [0.2, 0.25) is 0 Å². The summed E-state index contributed by atoms with van der Waals surface area (Å²) in [5.74, 6) is 0. The second-order valence-corrected chi connectivity index (χ2v) is 5.96. The Kier molecular flexibility index (Phi) is 4.00. The number of aromatic nitrogens is 1. The summed E-state index contributed by atoms with van der Waals surface area (Å²) >= 11 is 11.5. The first-order valence-electron chi connectivity index (χ1n) is 4.95. The number of hydrogen-bond donors (Lipinski definition) is 0. The third-order valence-electron chi connectivity index (χ3n) is 2.29. The summed E-state index contributed by atoms with van der Waals surface area (Å²) in [5, 5.41) is 2.03. The van der Waals surface area contributed by atoms with Crippen LogP contribution in [0.4, 0.5) is 0 Å². The molecule has 2 aromatic rings. The van der Waals surface area contributed by atoms with E-state index in [9.17, 15) is 0 Å². The van der Waals surface area contributed by atoms with Crippen molar-refractivity contribution in [3.63, 3.8) is 0 Å². The summed E-state index contributed by atoms with van der Waals surface area (Å²) in [6.07, 6.45) is 2.64. The molecule has 0 N–H and O–H groups in total. The van der Waals surface area contributed by atoms with Gasteiger partial charge in [-0.05, 0) is 45.9 Å². The van der Waals surface area contributed by atoms with Crippen LogP contribution in [0.25, 0.3) is 0 Å². The molecule has 0 saturated heterocycles. The molecule has 2 aromatic heterocycles. The van der Waals surface area contributed by atoms with Crippen LogP contribution in [0.3, 0.4) is 0 Å². The number of pyridine rings is 1. The molecule has 2 heterocycles. The lowest BCUT2D eigenvalue weighted by Gasteiger charge is -2.07. The van der Waals surface area contributed by atoms with E-state index < -0.39 is 0 Å². The Morgan fingerprint density at radius 1 is 1.44 bits per heavy atom. The molecule has 0 fully saturated rings. The third kappa shape index (κ3) is 2.84. The molecule has 0 aliphatic heterocycles. The van der Waals surface area contributed by atoms with Gasteiger partial charge in [-0.3, -0.25) is 4.98 Å². The van der Waals surface area contributed by atoms with Crippen molar-refractivity contribution in [3.05, 3.63) is 50.4 Å². The summed E-state index contributed by atoms with van der Waals surface area (Å²) in [6, 6.07) is 6.12. The van der Waals surface area contributed by atoms with Gasteiger partial charge in [-0.2, -0.15) is 0 Å². The van der Waals surface area contributed by atoms with Crippen molar-refractivity contribution in [2.75, 3.05) is 0 Å². The third-order valence-corrected chi connectivity index (χ3v) is 4.78. The minimum Gasteiger partial charge on any atom is -0.261 e. The number of nitrogens with zero attached hydrogens (tertiary/aromatic N) is 1. The molecule has 0 aromatic carbocycles. The van der Waals surface area contributed by atoms with Gasteiger partial charge in [-0.1, -0.05) is 6.07 Å². The van der Waals surface area contributed by atoms with Gasteiger partial charge < -0.3 is 0 Å². The highest BCUT2D eigenvalue weighted by Gasteiger charge is 2.14. The Morgan fingerprint density at radius 2 is 2.25 bits per heavy atom. The van der Waals surface area contributed by atoms with E-state index in [1.54, 1.807) is 11.3 Å². The van der Waals surface area contributed by atoms with Gasteiger partial charge in [0.15, 0.2) is 0 Å². The molecule has 0 amide bonds. The van der Waals surface area contributed by atoms with Crippen molar-refractivity contribution in [1.29, 1.82) is 0 Å². The van der Waals surface area contributed by atoms with Gasteiger partial charge in [0, 0.05) is 27.7 Å². The van der Waals surface area contributed by atoms with Crippen molar-refractivity contribution in [3.8, 4) is 0 Å². The Balaban J connectivity index is 2.10. The molecule has 0 aliphatic carbocycles. The Morgan fingerprint density at radius 3 is 2.81 bits per heavy atom. The van der Waals surface area contributed by atoms with Gasteiger partial charge >= 0.3 is 0 Å². The molecule has 0 aliphatic rings. The standard InChI is InChI=1S/C12H11BrClNS/c1-8-2-3-9(15-7-8)6-11(14)12-10(13)4-5-16-12/h2-5,7,11H,6H2,1H3. The van der Waals surface area contributed by atoms with Gasteiger partial charge in [-0.25, -0.2) is 0 Å². The molecule has 4 heteroatoms. The summed E-state index contributed by atoms with van der Waals surface area (Å²) in [5.41, 5.74) is 2.21. The van der Waals surface area contributed by atoms with Gasteiger partial charge in [0.05, 0.1) is 5.38 Å². The van der Waals surface area contributed by atoms with E-state index in [4.69, 9.17) is 11.6 Å². The van der Waals surface area contributed by atoms with E-state index in [1.807, 2.05) is 30.6 Å². The van der Waals surface area contributed by atoms with Crippen molar-refractivity contribution in [2.45, 2.75) is 18.7 Å². The predicted octanol–water partition coefficient (Wildman–Crippen LogP) is 4.74. The Labute approximate surface area is 113 Å². The molecule has 0 saturated carbocycles. The van der Waals surface area contributed by atoms with Gasteiger partial charge in [-0.15, -0.1) is 22.9 Å². The van der Waals surface area contributed by atoms with Gasteiger partial charge in [0.25, 0.3) is 0 Å². The second kappa shape index (κ2) is 5.30. The lowest BCUT2D eigenvalue weighted by molar-refractivity contribution is 0.891. The average Bonchev–Trinajstić information content (AvgIpc) is 2.68. The Bertz CT molecular complexity index is 466. The van der Waals surface area contributed by atoms with Crippen LogP contribution in [0.5, 0.6) is 0 Å². The van der Waals surface area contributed by atoms with Crippen LogP contribution in [0.1, 0.15) is 21.5 Å². The highest BCUT2D eigenvalue weighted by atomic mass is 79.9. The monoisotopic (exact) mass is 315 g/mol. The Hall–Kier alpha value is -0.380. The van der Waals surface area contributed by atoms with Crippen LogP contribution in [-0.4, -0.2) is 4.98 Å². The van der Waals surface area contributed by atoms with E-state index in [0.717, 1.165) is 16.6 Å². The lowest BCUT2D eigenvalue weighted by atomic mass is 10.2. The largest absolute Gasteiger partial charge is 0.261 e. The minimum atomic E-state index is -0.00965. The number of rotatable bonds is 3. The van der Waals surface area contributed by atoms with Gasteiger partial charge in [0.1, 0.15) is 0 Å². The zero-order valence-corrected chi connectivity index (χ0v) is 11.9. The SMILES string of the molecule is Cc1ccc(CC(Cl)c2sccc2Br)nc1. The van der Waals surface area contributed by atoms with Crippen molar-refractivity contribution >= 4 is 38.9 Å². The molecule has 1 nitrogen and oxygen atoms in total. The zero-order valence-electron chi connectivity index (χ0n) is 8.78. The minimum absolute atomic E-state index is 0.00965. The fraction of sp³-hybridized carbons (Fsp3) is 0.250. The zero-order chi connectivity index (χ0) is 11.5. The summed E-state index contributed by atoms with van der Waals surface area (Å²) < 4.78 is 1.09. The van der Waals surface area contributed by atoms with Crippen LogP contribution in [-0.2, 0) is 6.42 Å². The molecule has 1 unspecified atom stereocenters. The number of thiophene rings is 1. The maximum atomic E-state index is 6.37. The summed E-state index contributed by atoms with van der Waals surface area (Å²) in [7, 11) is 0. The molecule has 0 spiro atoms. The smallest absolute Gasteiger partial charge is 0.0745 e. The predicted molar refractivity (Wildman–Crippen MR) is 73.3 cm³/mol. The molecule has 0 bridgehead atoms. The van der Waals surface area contributed by atoms with Crippen molar-refractivity contribution in [2.24, 2.45) is 0 Å². The normalized spacial score (nSPS) is 12.7. The van der Waals surface area contributed by atoms with Crippen LogP contribution in [0.15, 0.2) is 34.2 Å². The second-order valence-electron chi connectivity index (χ2n) is 3.63. The van der Waals surface area contributed by atoms with E-state index in [-0.39, 0.29) is 5.38 Å². The number of alkyl halides is 1. The number of hydrogen-bond acceptors (Lipinski definition) is 2. The van der Waals surface area contributed by atoms with Crippen LogP contribution in [0.2, 0.25) is 0 Å². The molecule has 2 rings (SSSR count). The van der Waals surface area contributed by atoms with E-state index >= 15 is 0 Å². The number of halogens is 2. The molecule has 1 atom stereocenters. The van der Waals surface area contributed by atoms with Crippen molar-refractivity contribution < 1.29 is 0 Å². The molecule has 84 valence electrons. The highest BCUT2D eigenvalue weighted by molar-refractivity contribution is 9.10. The molecular formula is C12H11BrClNS. The topological polar surface area (TPSA) is 12.9 Å². The first-order valence-corrected chi connectivity index (χ1v) is 7.06. The summed E-state index contributed by atoms with van der Waals surface area (Å²) in [4.78, 5) is 5.53. The van der Waals surface area contributed by atoms with Crippen LogP contribution in [0, 0.1) is 6.92 Å². The molecular weight excluding hydrogens is 306 g/mol. The maximum Gasteiger partial charge on any atom is 0.0745 e. The van der Waals surface area contributed by atoms with E-state index in [2.05, 4.69) is 27.0 Å². The molecule has 0 radical (unpaired) electrons. The maximum absolute atomic E-state index is 6.37. The fourth-order valence-corrected chi connectivity index (χ4v) is 3.61. The first kappa shape index (κ1) is 12.1. The first-order chi connectivity index (χ1) is 7.66. The molecule has 16 heavy (non-hydrogen) atoms. The average molecular weight is 317 g/mol. The highest BCUT2D eigenvalue weighted by Crippen LogP contribution is 2.34. The number of aryl methyl sites for hydroxylation is 1. The quantitative estimate of drug-likeness (QED) is 0.746. The van der Waals surface area contributed by atoms with E-state index in [1.165, 1.54) is 10.4 Å². The lowest BCUT2D eigenvalue weighted by Crippen LogP contribution is -1.97. The van der Waals surface area contributed by atoms with E-state index in [0.29, 0.717) is 0 Å². The fourth-order valence-electron chi connectivity index (χ4n) is 1.42. The summed E-state index contributed by atoms with van der Waals surface area (Å²) in [6.45, 7) is 2.03.